The lowest BCUT2D eigenvalue weighted by Crippen LogP contribution is -2.42. The summed E-state index contributed by atoms with van der Waals surface area (Å²) in [6.07, 6.45) is 0.691. The molecule has 1 atom stereocenters. The minimum absolute atomic E-state index is 0.0916. The number of hydrogen-bond acceptors (Lipinski definition) is 6. The summed E-state index contributed by atoms with van der Waals surface area (Å²) in [5, 5.41) is 3.04. The molecule has 0 saturated carbocycles. The summed E-state index contributed by atoms with van der Waals surface area (Å²) in [5.41, 5.74) is 3.87. The highest BCUT2D eigenvalue weighted by Gasteiger charge is 2.57. The molecule has 206 valence electrons. The molecule has 1 N–H and O–H groups in total. The van der Waals surface area contributed by atoms with Crippen LogP contribution in [0.4, 0.5) is 5.69 Å². The summed E-state index contributed by atoms with van der Waals surface area (Å²) in [4.78, 5) is 29.4. The largest absolute Gasteiger partial charge is 0.497 e. The third-order valence-electron chi connectivity index (χ3n) is 8.09. The Morgan fingerprint density at radius 2 is 1.66 bits per heavy atom. The molecule has 3 aliphatic heterocycles. The van der Waals surface area contributed by atoms with Crippen molar-refractivity contribution in [1.29, 1.82) is 0 Å². The molecule has 41 heavy (non-hydrogen) atoms. The number of carbonyl (C=O) groups excluding carboxylic acids is 2. The predicted octanol–water partition coefficient (Wildman–Crippen LogP) is 4.62. The van der Waals surface area contributed by atoms with Crippen molar-refractivity contribution in [1.82, 2.24) is 5.32 Å². The fourth-order valence-electron chi connectivity index (χ4n) is 5.98. The van der Waals surface area contributed by atoms with E-state index in [1.807, 2.05) is 72.8 Å². The SMILES string of the molecule is COc1ccc(CCNC(=O)c2ccccc2CN2C(=O)C3(COc4cc5c(cc43)OCO5)c3ccccc32)cc1. The molecule has 1 spiro atoms. The van der Waals surface area contributed by atoms with Crippen LogP contribution in [0.15, 0.2) is 84.9 Å². The number of carbonyl (C=O) groups is 2. The minimum atomic E-state index is -0.998. The molecule has 2 amide bonds. The summed E-state index contributed by atoms with van der Waals surface area (Å²) < 4.78 is 22.5. The number of fused-ring (bicyclic) bond motifs is 5. The highest BCUT2D eigenvalue weighted by molar-refractivity contribution is 6.11. The molecule has 3 aliphatic rings. The zero-order valence-corrected chi connectivity index (χ0v) is 22.5. The molecular formula is C33H28N2O6. The number of rotatable bonds is 7. The molecule has 4 aromatic carbocycles. The van der Waals surface area contributed by atoms with Crippen LogP contribution in [0.1, 0.15) is 32.6 Å². The maximum atomic E-state index is 14.4. The quantitative estimate of drug-likeness (QED) is 0.363. The fraction of sp³-hybridized carbons (Fsp3) is 0.212. The molecule has 7 rings (SSSR count). The van der Waals surface area contributed by atoms with Crippen molar-refractivity contribution in [3.63, 3.8) is 0 Å². The van der Waals surface area contributed by atoms with Crippen molar-refractivity contribution in [3.8, 4) is 23.0 Å². The molecule has 0 fully saturated rings. The van der Waals surface area contributed by atoms with Crippen LogP contribution in [0.2, 0.25) is 0 Å². The van der Waals surface area contributed by atoms with E-state index in [9.17, 15) is 9.59 Å². The van der Waals surface area contributed by atoms with Gasteiger partial charge in [0.2, 0.25) is 12.7 Å². The lowest BCUT2D eigenvalue weighted by molar-refractivity contribution is -0.122. The summed E-state index contributed by atoms with van der Waals surface area (Å²) in [6, 6.07) is 26.7. The van der Waals surface area contributed by atoms with Gasteiger partial charge in [-0.15, -0.1) is 0 Å². The zero-order chi connectivity index (χ0) is 28.0. The maximum absolute atomic E-state index is 14.4. The van der Waals surface area contributed by atoms with E-state index in [2.05, 4.69) is 5.32 Å². The lowest BCUT2D eigenvalue weighted by Gasteiger charge is -2.24. The second-order valence-corrected chi connectivity index (χ2v) is 10.3. The van der Waals surface area contributed by atoms with Gasteiger partial charge in [-0.1, -0.05) is 48.5 Å². The van der Waals surface area contributed by atoms with Gasteiger partial charge in [-0.3, -0.25) is 9.59 Å². The van der Waals surface area contributed by atoms with Gasteiger partial charge in [-0.25, -0.2) is 0 Å². The van der Waals surface area contributed by atoms with E-state index in [0.717, 1.165) is 33.7 Å². The minimum Gasteiger partial charge on any atom is -0.497 e. The third-order valence-corrected chi connectivity index (χ3v) is 8.09. The molecule has 0 saturated heterocycles. The molecule has 8 nitrogen and oxygen atoms in total. The summed E-state index contributed by atoms with van der Waals surface area (Å²) >= 11 is 0. The maximum Gasteiger partial charge on any atom is 0.251 e. The Kier molecular flexibility index (Phi) is 6.03. The van der Waals surface area contributed by atoms with Crippen molar-refractivity contribution in [2.75, 3.05) is 32.0 Å². The van der Waals surface area contributed by atoms with Crippen LogP contribution in [-0.2, 0) is 23.2 Å². The van der Waals surface area contributed by atoms with Crippen molar-refractivity contribution < 1.29 is 28.5 Å². The Morgan fingerprint density at radius 1 is 0.902 bits per heavy atom. The molecule has 1 unspecified atom stereocenters. The Balaban J connectivity index is 1.15. The van der Waals surface area contributed by atoms with E-state index in [0.29, 0.717) is 35.8 Å². The van der Waals surface area contributed by atoms with Gasteiger partial charge in [0.15, 0.2) is 11.5 Å². The molecule has 0 bridgehead atoms. The first-order valence-electron chi connectivity index (χ1n) is 13.6. The smallest absolute Gasteiger partial charge is 0.251 e. The Labute approximate surface area is 237 Å². The first-order valence-corrected chi connectivity index (χ1v) is 13.6. The van der Waals surface area contributed by atoms with Gasteiger partial charge in [-0.05, 0) is 53.4 Å². The van der Waals surface area contributed by atoms with Crippen LogP contribution < -0.4 is 29.2 Å². The van der Waals surface area contributed by atoms with Gasteiger partial charge in [0.25, 0.3) is 5.91 Å². The number of anilines is 1. The number of nitrogens with zero attached hydrogens (tertiary/aromatic N) is 1. The summed E-state index contributed by atoms with van der Waals surface area (Å²) in [5.74, 6) is 2.37. The average Bonchev–Trinajstić information content (AvgIpc) is 3.69. The predicted molar refractivity (Wildman–Crippen MR) is 152 cm³/mol. The molecule has 0 aliphatic carbocycles. The van der Waals surface area contributed by atoms with Gasteiger partial charge in [-0.2, -0.15) is 0 Å². The second-order valence-electron chi connectivity index (χ2n) is 10.3. The van der Waals surface area contributed by atoms with Crippen molar-refractivity contribution in [3.05, 3.63) is 113 Å². The number of nitrogens with one attached hydrogen (secondary N) is 1. The van der Waals surface area contributed by atoms with E-state index in [-0.39, 0.29) is 31.8 Å². The molecule has 8 heteroatoms. The normalized spacial score (nSPS) is 17.8. The number of para-hydroxylation sites is 1. The number of ether oxygens (including phenoxy) is 4. The first kappa shape index (κ1) is 25.0. The Bertz CT molecular complexity index is 1670. The number of methoxy groups -OCH3 is 1. The van der Waals surface area contributed by atoms with Gasteiger partial charge >= 0.3 is 0 Å². The number of amides is 2. The monoisotopic (exact) mass is 548 g/mol. The van der Waals surface area contributed by atoms with Crippen LogP contribution in [0.25, 0.3) is 0 Å². The average molecular weight is 549 g/mol. The highest BCUT2D eigenvalue weighted by Crippen LogP contribution is 2.55. The standard InChI is InChI=1S/C33H28N2O6/c1-38-23-12-10-21(11-13-23)14-15-34-31(36)24-7-3-2-6-22(24)18-35-27-9-5-4-8-25(27)33(32(35)37)19-39-28-17-30-29(16-26(28)33)40-20-41-30/h2-13,16-17H,14-15,18-20H2,1H3,(H,34,36). The van der Waals surface area contributed by atoms with E-state index in [1.54, 1.807) is 24.1 Å². The number of hydrogen-bond donors (Lipinski definition) is 1. The van der Waals surface area contributed by atoms with Crippen molar-refractivity contribution in [2.45, 2.75) is 18.4 Å². The van der Waals surface area contributed by atoms with E-state index >= 15 is 0 Å². The Hall–Kier alpha value is -4.98. The highest BCUT2D eigenvalue weighted by atomic mass is 16.7. The van der Waals surface area contributed by atoms with Crippen LogP contribution in [0.5, 0.6) is 23.0 Å². The van der Waals surface area contributed by atoms with Crippen LogP contribution in [-0.4, -0.2) is 38.9 Å². The van der Waals surface area contributed by atoms with Crippen LogP contribution in [0.3, 0.4) is 0 Å². The first-order chi connectivity index (χ1) is 20.1. The topological polar surface area (TPSA) is 86.3 Å². The van der Waals surface area contributed by atoms with E-state index in [4.69, 9.17) is 18.9 Å². The molecule has 0 aromatic heterocycles. The summed E-state index contributed by atoms with van der Waals surface area (Å²) in [7, 11) is 1.64. The van der Waals surface area contributed by atoms with E-state index in [1.165, 1.54) is 0 Å². The number of benzene rings is 4. The van der Waals surface area contributed by atoms with Gasteiger partial charge in [0.05, 0.1) is 13.7 Å². The van der Waals surface area contributed by atoms with Gasteiger partial charge in [0.1, 0.15) is 23.5 Å². The summed E-state index contributed by atoms with van der Waals surface area (Å²) in [6.45, 7) is 1.06. The molecule has 4 aromatic rings. The third kappa shape index (κ3) is 4.06. The zero-order valence-electron chi connectivity index (χ0n) is 22.5. The molecule has 3 heterocycles. The van der Waals surface area contributed by atoms with Crippen molar-refractivity contribution >= 4 is 17.5 Å². The Morgan fingerprint density at radius 3 is 2.49 bits per heavy atom. The van der Waals surface area contributed by atoms with Crippen LogP contribution >= 0.6 is 0 Å². The molecule has 0 radical (unpaired) electrons. The fourth-order valence-corrected chi connectivity index (χ4v) is 5.98. The van der Waals surface area contributed by atoms with Gasteiger partial charge < -0.3 is 29.2 Å². The lowest BCUT2D eigenvalue weighted by atomic mass is 9.77. The molecular weight excluding hydrogens is 520 g/mol. The van der Waals surface area contributed by atoms with Gasteiger partial charge in [0, 0.05) is 29.4 Å². The second kappa shape index (κ2) is 9.89. The van der Waals surface area contributed by atoms with Crippen molar-refractivity contribution in [2.24, 2.45) is 0 Å². The van der Waals surface area contributed by atoms with Crippen LogP contribution in [0, 0.1) is 0 Å². The van der Waals surface area contributed by atoms with E-state index < -0.39 is 5.41 Å².